The molecule has 0 bridgehead atoms. The molecular formula is C14H11Cl2N5S. The van der Waals surface area contributed by atoms with Crippen LogP contribution in [0.4, 0.5) is 5.13 Å². The van der Waals surface area contributed by atoms with Crippen LogP contribution in [0, 0.1) is 0 Å². The van der Waals surface area contributed by atoms with Crippen molar-refractivity contribution in [2.45, 2.75) is 6.92 Å². The number of pyridine rings is 1. The van der Waals surface area contributed by atoms with E-state index in [1.807, 2.05) is 13.0 Å². The first-order valence-electron chi connectivity index (χ1n) is 6.53. The van der Waals surface area contributed by atoms with Crippen LogP contribution >= 0.6 is 34.5 Å². The van der Waals surface area contributed by atoms with Crippen LogP contribution < -0.4 is 5.32 Å². The number of nitrogens with one attached hydrogen (secondary N) is 1. The van der Waals surface area contributed by atoms with Crippen molar-refractivity contribution in [3.8, 4) is 21.8 Å². The maximum atomic E-state index is 5.99. The molecule has 3 rings (SSSR count). The SMILES string of the molecule is CCNc1nc(-c2ccnc(Cl)c2)c(-c2ccnc(Cl)n2)s1. The molecule has 0 saturated heterocycles. The van der Waals surface area contributed by atoms with E-state index in [0.717, 1.165) is 33.5 Å². The lowest BCUT2D eigenvalue weighted by Crippen LogP contribution is -1.95. The van der Waals surface area contributed by atoms with Crippen molar-refractivity contribution in [3.05, 3.63) is 41.0 Å². The van der Waals surface area contributed by atoms with Gasteiger partial charge in [0.15, 0.2) is 5.13 Å². The monoisotopic (exact) mass is 351 g/mol. The number of halogens is 2. The third-order valence-corrected chi connectivity index (χ3v) is 4.24. The van der Waals surface area contributed by atoms with Crippen molar-refractivity contribution in [3.63, 3.8) is 0 Å². The molecule has 8 heteroatoms. The normalized spacial score (nSPS) is 10.7. The average molecular weight is 352 g/mol. The summed E-state index contributed by atoms with van der Waals surface area (Å²) in [5.74, 6) is 0. The molecule has 1 N–H and O–H groups in total. The van der Waals surface area contributed by atoms with Crippen molar-refractivity contribution in [2.24, 2.45) is 0 Å². The fourth-order valence-electron chi connectivity index (χ4n) is 1.93. The van der Waals surface area contributed by atoms with Gasteiger partial charge in [0.05, 0.1) is 16.3 Å². The summed E-state index contributed by atoms with van der Waals surface area (Å²) in [4.78, 5) is 17.7. The van der Waals surface area contributed by atoms with Gasteiger partial charge in [0.1, 0.15) is 5.15 Å². The quantitative estimate of drug-likeness (QED) is 0.557. The van der Waals surface area contributed by atoms with E-state index >= 15 is 0 Å². The Balaban J connectivity index is 2.16. The molecule has 3 heterocycles. The van der Waals surface area contributed by atoms with Crippen LogP contribution in [0.3, 0.4) is 0 Å². The molecule has 3 aromatic heterocycles. The van der Waals surface area contributed by atoms with Gasteiger partial charge in [-0.15, -0.1) is 0 Å². The molecule has 0 aliphatic heterocycles. The summed E-state index contributed by atoms with van der Waals surface area (Å²) in [5.41, 5.74) is 2.40. The molecule has 0 aliphatic carbocycles. The van der Waals surface area contributed by atoms with Gasteiger partial charge in [-0.3, -0.25) is 0 Å². The van der Waals surface area contributed by atoms with Crippen LogP contribution in [0.1, 0.15) is 6.92 Å². The van der Waals surface area contributed by atoms with Gasteiger partial charge < -0.3 is 5.32 Å². The van der Waals surface area contributed by atoms with E-state index in [-0.39, 0.29) is 5.28 Å². The van der Waals surface area contributed by atoms with E-state index in [2.05, 4.69) is 25.3 Å². The number of hydrogen-bond donors (Lipinski definition) is 1. The Labute approximate surface area is 141 Å². The Kier molecular flexibility index (Phi) is 4.52. The Hall–Kier alpha value is -1.76. The number of aromatic nitrogens is 4. The van der Waals surface area contributed by atoms with E-state index in [1.165, 1.54) is 11.3 Å². The predicted molar refractivity (Wildman–Crippen MR) is 90.6 cm³/mol. The molecule has 112 valence electrons. The van der Waals surface area contributed by atoms with Crippen molar-refractivity contribution in [2.75, 3.05) is 11.9 Å². The van der Waals surface area contributed by atoms with Crippen molar-refractivity contribution in [1.29, 1.82) is 0 Å². The zero-order chi connectivity index (χ0) is 15.5. The van der Waals surface area contributed by atoms with Crippen LogP contribution in [-0.4, -0.2) is 26.5 Å². The summed E-state index contributed by atoms with van der Waals surface area (Å²) in [6, 6.07) is 5.45. The maximum absolute atomic E-state index is 5.99. The summed E-state index contributed by atoms with van der Waals surface area (Å²) in [6.07, 6.45) is 3.28. The third kappa shape index (κ3) is 3.19. The molecule has 0 aromatic carbocycles. The summed E-state index contributed by atoms with van der Waals surface area (Å²) in [6.45, 7) is 2.81. The first-order valence-corrected chi connectivity index (χ1v) is 8.10. The molecule has 0 fully saturated rings. The average Bonchev–Trinajstić information content (AvgIpc) is 2.92. The van der Waals surface area contributed by atoms with Gasteiger partial charge in [0.25, 0.3) is 0 Å². The third-order valence-electron chi connectivity index (χ3n) is 2.81. The summed E-state index contributed by atoms with van der Waals surface area (Å²) >= 11 is 13.4. The van der Waals surface area contributed by atoms with Crippen molar-refractivity contribution in [1.82, 2.24) is 19.9 Å². The van der Waals surface area contributed by atoms with Crippen molar-refractivity contribution < 1.29 is 0 Å². The Morgan fingerprint density at radius 1 is 1.14 bits per heavy atom. The fourth-order valence-corrected chi connectivity index (χ4v) is 3.27. The zero-order valence-electron chi connectivity index (χ0n) is 11.5. The molecular weight excluding hydrogens is 341 g/mol. The molecule has 0 radical (unpaired) electrons. The van der Waals surface area contributed by atoms with Gasteiger partial charge in [-0.2, -0.15) is 0 Å². The smallest absolute Gasteiger partial charge is 0.222 e. The number of anilines is 1. The molecule has 0 unspecified atom stereocenters. The topological polar surface area (TPSA) is 63.6 Å². The van der Waals surface area contributed by atoms with E-state index in [9.17, 15) is 0 Å². The number of hydrogen-bond acceptors (Lipinski definition) is 6. The highest BCUT2D eigenvalue weighted by Gasteiger charge is 2.16. The lowest BCUT2D eigenvalue weighted by Gasteiger charge is -2.02. The highest BCUT2D eigenvalue weighted by atomic mass is 35.5. The largest absolute Gasteiger partial charge is 0.362 e. The molecule has 0 saturated carbocycles. The standard InChI is InChI=1S/C14H11Cl2N5S/c1-2-17-14-21-11(8-3-5-18-10(15)7-8)12(22-14)9-4-6-19-13(16)20-9/h3-7H,2H2,1H3,(H,17,21). The Bertz CT molecular complexity index is 742. The number of rotatable bonds is 4. The van der Waals surface area contributed by atoms with E-state index < -0.39 is 0 Å². The van der Waals surface area contributed by atoms with Gasteiger partial charge in [-0.25, -0.2) is 19.9 Å². The van der Waals surface area contributed by atoms with E-state index in [4.69, 9.17) is 23.2 Å². The van der Waals surface area contributed by atoms with Crippen LogP contribution in [0.2, 0.25) is 10.4 Å². The predicted octanol–water partition coefficient (Wildman–Crippen LogP) is 4.40. The summed E-state index contributed by atoms with van der Waals surface area (Å²) in [5, 5.41) is 4.66. The fraction of sp³-hybridized carbons (Fsp3) is 0.143. The van der Waals surface area contributed by atoms with Gasteiger partial charge in [0, 0.05) is 24.5 Å². The van der Waals surface area contributed by atoms with Gasteiger partial charge in [-0.05, 0) is 36.7 Å². The lowest BCUT2D eigenvalue weighted by molar-refractivity contribution is 1.17. The molecule has 22 heavy (non-hydrogen) atoms. The van der Waals surface area contributed by atoms with Crippen LogP contribution in [0.15, 0.2) is 30.6 Å². The zero-order valence-corrected chi connectivity index (χ0v) is 13.9. The molecule has 5 nitrogen and oxygen atoms in total. The maximum Gasteiger partial charge on any atom is 0.222 e. The Morgan fingerprint density at radius 3 is 2.68 bits per heavy atom. The van der Waals surface area contributed by atoms with E-state index in [0.29, 0.717) is 5.15 Å². The van der Waals surface area contributed by atoms with Crippen molar-refractivity contribution >= 4 is 39.7 Å². The minimum Gasteiger partial charge on any atom is -0.362 e. The molecule has 3 aromatic rings. The summed E-state index contributed by atoms with van der Waals surface area (Å²) < 4.78 is 0. The second kappa shape index (κ2) is 6.56. The molecule has 0 spiro atoms. The number of nitrogens with zero attached hydrogens (tertiary/aromatic N) is 4. The summed E-state index contributed by atoms with van der Waals surface area (Å²) in [7, 11) is 0. The van der Waals surface area contributed by atoms with Crippen LogP contribution in [0.5, 0.6) is 0 Å². The Morgan fingerprint density at radius 2 is 1.95 bits per heavy atom. The van der Waals surface area contributed by atoms with E-state index in [1.54, 1.807) is 24.5 Å². The minimum atomic E-state index is 0.203. The number of thiazole rings is 1. The molecule has 0 amide bonds. The minimum absolute atomic E-state index is 0.203. The highest BCUT2D eigenvalue weighted by molar-refractivity contribution is 7.19. The van der Waals surface area contributed by atoms with Crippen LogP contribution in [-0.2, 0) is 0 Å². The molecule has 0 aliphatic rings. The first kappa shape index (κ1) is 15.1. The van der Waals surface area contributed by atoms with Crippen LogP contribution in [0.25, 0.3) is 21.8 Å². The van der Waals surface area contributed by atoms with Gasteiger partial charge >= 0.3 is 0 Å². The second-order valence-electron chi connectivity index (χ2n) is 4.31. The lowest BCUT2D eigenvalue weighted by atomic mass is 10.1. The first-order chi connectivity index (χ1) is 10.7. The second-order valence-corrected chi connectivity index (χ2v) is 6.03. The van der Waals surface area contributed by atoms with Gasteiger partial charge in [0.2, 0.25) is 5.28 Å². The van der Waals surface area contributed by atoms with Gasteiger partial charge in [-0.1, -0.05) is 22.9 Å². The molecule has 0 atom stereocenters. The highest BCUT2D eigenvalue weighted by Crippen LogP contribution is 2.38.